The first-order valence-electron chi connectivity index (χ1n) is 6.78. The molecule has 0 amide bonds. The van der Waals surface area contributed by atoms with Gasteiger partial charge >= 0.3 is 0 Å². The molecule has 0 heterocycles. The zero-order valence-electron chi connectivity index (χ0n) is 10.1. The van der Waals surface area contributed by atoms with Crippen LogP contribution in [0.2, 0.25) is 0 Å². The summed E-state index contributed by atoms with van der Waals surface area (Å²) in [5.74, 6) is 0. The molecule has 0 aromatic rings. The van der Waals surface area contributed by atoms with Gasteiger partial charge in [0.1, 0.15) is 0 Å². The van der Waals surface area contributed by atoms with E-state index < -0.39 is 7.14 Å². The lowest BCUT2D eigenvalue weighted by Gasteiger charge is -2.35. The molecule has 0 N–H and O–H groups in total. The second-order valence-electron chi connectivity index (χ2n) is 5.64. The van der Waals surface area contributed by atoms with E-state index in [4.69, 9.17) is 0 Å². The van der Waals surface area contributed by atoms with Crippen LogP contribution in [0.4, 0.5) is 0 Å². The van der Waals surface area contributed by atoms with E-state index in [1.165, 1.54) is 64.2 Å². The Labute approximate surface area is 94.4 Å². The van der Waals surface area contributed by atoms with Gasteiger partial charge in [0.05, 0.1) is 7.14 Å². The molecule has 2 aliphatic carbocycles. The van der Waals surface area contributed by atoms with Gasteiger partial charge in [0.25, 0.3) is 0 Å². The lowest BCUT2D eigenvalue weighted by Crippen LogP contribution is -2.22. The summed E-state index contributed by atoms with van der Waals surface area (Å²) in [7, 11) is -1.84. The van der Waals surface area contributed by atoms with E-state index in [9.17, 15) is 4.57 Å². The second-order valence-corrected chi connectivity index (χ2v) is 9.22. The molecule has 0 radical (unpaired) electrons. The van der Waals surface area contributed by atoms with Crippen molar-refractivity contribution in [1.29, 1.82) is 0 Å². The van der Waals surface area contributed by atoms with Gasteiger partial charge in [-0.25, -0.2) is 0 Å². The van der Waals surface area contributed by atoms with Gasteiger partial charge in [0.2, 0.25) is 0 Å². The standard InChI is InChI=1S/C13H25OP/c1-15(14,12-8-4-2-5-9-12)13-10-6-3-7-11-13/h12-13H,2-11H2,1H3. The van der Waals surface area contributed by atoms with Crippen LogP contribution in [0.1, 0.15) is 64.2 Å². The molecule has 0 bridgehead atoms. The number of hydrogen-bond donors (Lipinski definition) is 0. The first-order chi connectivity index (χ1) is 7.21. The lowest BCUT2D eigenvalue weighted by molar-refractivity contribution is 0.450. The van der Waals surface area contributed by atoms with E-state index in [0.717, 1.165) is 0 Å². The molecule has 0 saturated heterocycles. The Morgan fingerprint density at radius 1 is 0.733 bits per heavy atom. The van der Waals surface area contributed by atoms with Crippen molar-refractivity contribution in [3.63, 3.8) is 0 Å². The highest BCUT2D eigenvalue weighted by atomic mass is 31.2. The Bertz CT molecular complexity index is 215. The van der Waals surface area contributed by atoms with Crippen molar-refractivity contribution in [2.24, 2.45) is 0 Å². The van der Waals surface area contributed by atoms with Crippen LogP contribution in [0.25, 0.3) is 0 Å². The summed E-state index contributed by atoms with van der Waals surface area (Å²) in [5, 5.41) is 0. The van der Waals surface area contributed by atoms with Gasteiger partial charge in [0.15, 0.2) is 0 Å². The minimum Gasteiger partial charge on any atom is -0.323 e. The van der Waals surface area contributed by atoms with Gasteiger partial charge < -0.3 is 4.57 Å². The van der Waals surface area contributed by atoms with Gasteiger partial charge in [-0.15, -0.1) is 0 Å². The van der Waals surface area contributed by atoms with Crippen LogP contribution in [0, 0.1) is 0 Å². The molecule has 0 spiro atoms. The maximum Gasteiger partial charge on any atom is 0.0906 e. The Morgan fingerprint density at radius 2 is 1.07 bits per heavy atom. The van der Waals surface area contributed by atoms with Crippen molar-refractivity contribution in [2.75, 3.05) is 6.66 Å². The van der Waals surface area contributed by atoms with E-state index in [0.29, 0.717) is 11.3 Å². The fourth-order valence-electron chi connectivity index (χ4n) is 3.49. The first kappa shape index (κ1) is 11.7. The van der Waals surface area contributed by atoms with Crippen molar-refractivity contribution in [3.8, 4) is 0 Å². The minimum absolute atomic E-state index is 0.592. The fourth-order valence-corrected chi connectivity index (χ4v) is 6.86. The summed E-state index contributed by atoms with van der Waals surface area (Å²) in [5.41, 5.74) is 1.18. The minimum atomic E-state index is -1.84. The molecule has 0 unspecified atom stereocenters. The zero-order valence-corrected chi connectivity index (χ0v) is 11.0. The summed E-state index contributed by atoms with van der Waals surface area (Å²) in [6, 6.07) is 0. The predicted molar refractivity (Wildman–Crippen MR) is 67.3 cm³/mol. The summed E-state index contributed by atoms with van der Waals surface area (Å²) in [6.07, 6.45) is 13.1. The third-order valence-electron chi connectivity index (χ3n) is 4.60. The maximum atomic E-state index is 12.9. The zero-order chi connectivity index (χ0) is 10.7. The Morgan fingerprint density at radius 3 is 1.40 bits per heavy atom. The number of hydrogen-bond acceptors (Lipinski definition) is 1. The highest BCUT2D eigenvalue weighted by molar-refractivity contribution is 7.64. The smallest absolute Gasteiger partial charge is 0.0906 e. The summed E-state index contributed by atoms with van der Waals surface area (Å²) < 4.78 is 12.9. The molecular formula is C13H25OP. The molecule has 0 atom stereocenters. The van der Waals surface area contributed by atoms with E-state index >= 15 is 0 Å². The molecule has 1 nitrogen and oxygen atoms in total. The van der Waals surface area contributed by atoms with E-state index in [1.54, 1.807) is 0 Å². The van der Waals surface area contributed by atoms with Crippen LogP contribution >= 0.6 is 7.14 Å². The summed E-state index contributed by atoms with van der Waals surface area (Å²) >= 11 is 0. The van der Waals surface area contributed by atoms with Crippen LogP contribution < -0.4 is 0 Å². The summed E-state index contributed by atoms with van der Waals surface area (Å²) in [4.78, 5) is 0. The SMILES string of the molecule is CP(=O)(C1CCCCC1)C1CCCCC1. The van der Waals surface area contributed by atoms with Crippen LogP contribution in [-0.4, -0.2) is 18.0 Å². The Hall–Kier alpha value is 0.230. The highest BCUT2D eigenvalue weighted by Crippen LogP contribution is 2.59. The van der Waals surface area contributed by atoms with E-state index in [1.807, 2.05) is 0 Å². The maximum absolute atomic E-state index is 12.9. The van der Waals surface area contributed by atoms with Crippen molar-refractivity contribution in [3.05, 3.63) is 0 Å². The van der Waals surface area contributed by atoms with Gasteiger partial charge in [-0.1, -0.05) is 38.5 Å². The molecule has 2 heteroatoms. The number of rotatable bonds is 2. The van der Waals surface area contributed by atoms with Gasteiger partial charge in [-0.3, -0.25) is 0 Å². The van der Waals surface area contributed by atoms with Crippen LogP contribution in [0.3, 0.4) is 0 Å². The fraction of sp³-hybridized carbons (Fsp3) is 1.00. The molecule has 0 aliphatic heterocycles. The highest BCUT2D eigenvalue weighted by Gasteiger charge is 2.36. The quantitative estimate of drug-likeness (QED) is 0.629. The van der Waals surface area contributed by atoms with Crippen LogP contribution in [0.5, 0.6) is 0 Å². The molecule has 88 valence electrons. The average molecular weight is 228 g/mol. The van der Waals surface area contributed by atoms with E-state index in [-0.39, 0.29) is 0 Å². The Kier molecular flexibility index (Phi) is 3.93. The molecule has 2 saturated carbocycles. The normalized spacial score (nSPS) is 26.7. The molecule has 0 aromatic heterocycles. The molecule has 15 heavy (non-hydrogen) atoms. The van der Waals surface area contributed by atoms with Gasteiger partial charge in [-0.05, 0) is 32.3 Å². The average Bonchev–Trinajstić information content (AvgIpc) is 2.31. The van der Waals surface area contributed by atoms with Gasteiger partial charge in [0, 0.05) is 11.3 Å². The molecule has 2 fully saturated rings. The molecule has 2 aliphatic rings. The predicted octanol–water partition coefficient (Wildman–Crippen LogP) is 4.64. The van der Waals surface area contributed by atoms with Crippen LogP contribution in [-0.2, 0) is 4.57 Å². The summed E-state index contributed by atoms with van der Waals surface area (Å²) in [6.45, 7) is 2.12. The van der Waals surface area contributed by atoms with Crippen molar-refractivity contribution < 1.29 is 4.57 Å². The lowest BCUT2D eigenvalue weighted by atomic mass is 9.99. The first-order valence-corrected chi connectivity index (χ1v) is 9.07. The topological polar surface area (TPSA) is 17.1 Å². The molecular weight excluding hydrogens is 203 g/mol. The third kappa shape index (κ3) is 2.67. The van der Waals surface area contributed by atoms with Crippen molar-refractivity contribution in [1.82, 2.24) is 0 Å². The molecule has 0 aromatic carbocycles. The van der Waals surface area contributed by atoms with Crippen LogP contribution in [0.15, 0.2) is 0 Å². The van der Waals surface area contributed by atoms with Crippen molar-refractivity contribution in [2.45, 2.75) is 75.5 Å². The Balaban J connectivity index is 1.99. The van der Waals surface area contributed by atoms with E-state index in [2.05, 4.69) is 6.66 Å². The molecule has 2 rings (SSSR count). The van der Waals surface area contributed by atoms with Crippen molar-refractivity contribution >= 4 is 7.14 Å². The van der Waals surface area contributed by atoms with Gasteiger partial charge in [-0.2, -0.15) is 0 Å². The largest absolute Gasteiger partial charge is 0.323 e. The second kappa shape index (κ2) is 5.04. The monoisotopic (exact) mass is 228 g/mol. The third-order valence-corrected chi connectivity index (χ3v) is 8.53.